The van der Waals surface area contributed by atoms with Crippen molar-refractivity contribution >= 4 is 10.8 Å². The van der Waals surface area contributed by atoms with Crippen molar-refractivity contribution in [2.75, 3.05) is 0 Å². The van der Waals surface area contributed by atoms with E-state index in [4.69, 9.17) is 1.37 Å². The Balaban J connectivity index is 3.12. The van der Waals surface area contributed by atoms with E-state index in [1.165, 1.54) is 11.4 Å². The average molecular weight is 101 g/mol. The van der Waals surface area contributed by atoms with Crippen LogP contribution in [0.25, 0.3) is 0 Å². The second kappa shape index (κ2) is 1.41. The van der Waals surface area contributed by atoms with Crippen LogP contribution in [0.15, 0.2) is 22.9 Å². The van der Waals surface area contributed by atoms with Gasteiger partial charge < -0.3 is 4.55 Å². The topological polar surface area (TPSA) is 23.1 Å². The molecule has 0 aliphatic heterocycles. The van der Waals surface area contributed by atoms with Crippen LogP contribution in [0.3, 0.4) is 0 Å². The molecule has 0 N–H and O–H groups in total. The minimum atomic E-state index is -1.12. The number of hydrogen-bond donors (Lipinski definition) is 0. The van der Waals surface area contributed by atoms with Gasteiger partial charge in [-0.2, -0.15) is 0 Å². The average Bonchev–Trinajstić information content (AvgIpc) is 1.91. The SMILES string of the molecule is [2H]c1ccc[s+]1[O-]. The van der Waals surface area contributed by atoms with E-state index < -0.39 is 10.8 Å². The molecule has 0 fully saturated rings. The Morgan fingerprint density at radius 3 is 2.67 bits per heavy atom. The van der Waals surface area contributed by atoms with Crippen LogP contribution < -0.4 is 0 Å². The van der Waals surface area contributed by atoms with Crippen molar-refractivity contribution in [1.82, 2.24) is 0 Å². The first-order valence-corrected chi connectivity index (χ1v) is 2.77. The molecule has 0 aliphatic carbocycles. The first-order chi connectivity index (χ1) is 3.30. The van der Waals surface area contributed by atoms with Gasteiger partial charge in [-0.15, -0.1) is 0 Å². The molecule has 1 rings (SSSR count). The normalized spacial score (nSPS) is 14.2. The van der Waals surface area contributed by atoms with Crippen molar-refractivity contribution in [3.63, 3.8) is 0 Å². The van der Waals surface area contributed by atoms with E-state index in [-0.39, 0.29) is 5.36 Å². The molecule has 0 spiro atoms. The van der Waals surface area contributed by atoms with Crippen LogP contribution in [0, 0.1) is 0 Å². The molecule has 0 saturated carbocycles. The third-order valence-corrected chi connectivity index (χ3v) is 1.26. The molecule has 0 amide bonds. The van der Waals surface area contributed by atoms with Gasteiger partial charge in [0.25, 0.3) is 0 Å². The molecule has 0 aliphatic rings. The van der Waals surface area contributed by atoms with Gasteiger partial charge in [-0.25, -0.2) is 0 Å². The van der Waals surface area contributed by atoms with Crippen LogP contribution in [0.4, 0.5) is 0 Å². The molecule has 1 aromatic heterocycles. The molecule has 0 radical (unpaired) electrons. The largest absolute Gasteiger partial charge is 0.591 e. The zero-order chi connectivity index (χ0) is 5.28. The summed E-state index contributed by atoms with van der Waals surface area (Å²) in [7, 11) is -1.12. The summed E-state index contributed by atoms with van der Waals surface area (Å²) < 4.78 is 17.2. The van der Waals surface area contributed by atoms with Crippen LogP contribution in [0.1, 0.15) is 1.37 Å². The summed E-state index contributed by atoms with van der Waals surface area (Å²) in [6.07, 6.45) is 0. The number of thiophene rings is 1. The van der Waals surface area contributed by atoms with E-state index >= 15 is 0 Å². The van der Waals surface area contributed by atoms with E-state index in [1.807, 2.05) is 0 Å². The minimum Gasteiger partial charge on any atom is -0.591 e. The molecule has 0 aromatic carbocycles. The van der Waals surface area contributed by atoms with Crippen LogP contribution in [0.2, 0.25) is 0 Å². The smallest absolute Gasteiger partial charge is 0.136 e. The zero-order valence-corrected chi connectivity index (χ0v) is 3.87. The van der Waals surface area contributed by atoms with Gasteiger partial charge in [0, 0.05) is 0 Å². The van der Waals surface area contributed by atoms with Crippen LogP contribution in [-0.2, 0) is 0 Å². The predicted molar refractivity (Wildman–Crippen MR) is 25.1 cm³/mol. The summed E-state index contributed by atoms with van der Waals surface area (Å²) in [6.45, 7) is 0. The van der Waals surface area contributed by atoms with E-state index in [2.05, 4.69) is 0 Å². The highest BCUT2D eigenvalue weighted by atomic mass is 32.2. The van der Waals surface area contributed by atoms with E-state index in [0.29, 0.717) is 0 Å². The van der Waals surface area contributed by atoms with Crippen molar-refractivity contribution in [1.29, 1.82) is 0 Å². The van der Waals surface area contributed by atoms with E-state index in [1.54, 1.807) is 6.07 Å². The lowest BCUT2D eigenvalue weighted by atomic mass is 10.7. The zero-order valence-electron chi connectivity index (χ0n) is 4.05. The van der Waals surface area contributed by atoms with Crippen LogP contribution in [-0.4, -0.2) is 4.55 Å². The standard InChI is InChI=1S/C4H4OS/c5-6-3-1-2-4-6/h1-4H/i3D. The highest BCUT2D eigenvalue weighted by Gasteiger charge is 1.78. The lowest BCUT2D eigenvalue weighted by Gasteiger charge is -1.74. The maximum Gasteiger partial charge on any atom is 0.136 e. The molecular weight excluding hydrogens is 96.1 g/mol. The van der Waals surface area contributed by atoms with Gasteiger partial charge in [0.15, 0.2) is 0 Å². The first kappa shape index (κ1) is 2.77. The highest BCUT2D eigenvalue weighted by molar-refractivity contribution is 7.21. The molecule has 1 unspecified atom stereocenters. The molecule has 32 valence electrons. The second-order valence-corrected chi connectivity index (χ2v) is 2.01. The molecule has 1 atom stereocenters. The molecule has 1 heterocycles. The molecule has 2 heteroatoms. The molecule has 6 heavy (non-hydrogen) atoms. The fourth-order valence-electron chi connectivity index (χ4n) is 0.256. The lowest BCUT2D eigenvalue weighted by Crippen LogP contribution is -1.38. The lowest BCUT2D eigenvalue weighted by molar-refractivity contribution is 0.598. The third kappa shape index (κ3) is 0.584. The molecule has 0 bridgehead atoms. The van der Waals surface area contributed by atoms with Gasteiger partial charge in [0.1, 0.15) is 12.1 Å². The van der Waals surface area contributed by atoms with Gasteiger partial charge in [-0.3, -0.25) is 0 Å². The number of hydrogen-bond acceptors (Lipinski definition) is 1. The van der Waals surface area contributed by atoms with E-state index in [9.17, 15) is 4.55 Å². The second-order valence-electron chi connectivity index (χ2n) is 0.910. The Bertz CT molecular complexity index is 144. The predicted octanol–water partition coefficient (Wildman–Crippen LogP) is 1.41. The molecular formula is C4H4OS. The third-order valence-electron chi connectivity index (χ3n) is 0.483. The highest BCUT2D eigenvalue weighted by Crippen LogP contribution is 2.07. The summed E-state index contributed by atoms with van der Waals surface area (Å²) in [4.78, 5) is 0. The minimum absolute atomic E-state index is 0.194. The monoisotopic (exact) mass is 101 g/mol. The van der Waals surface area contributed by atoms with Crippen LogP contribution >= 0.6 is 10.8 Å². The number of rotatable bonds is 0. The Morgan fingerprint density at radius 1 is 1.67 bits per heavy atom. The van der Waals surface area contributed by atoms with Gasteiger partial charge >= 0.3 is 0 Å². The van der Waals surface area contributed by atoms with Crippen molar-refractivity contribution in [3.05, 3.63) is 22.9 Å². The quantitative estimate of drug-likeness (QED) is 0.453. The van der Waals surface area contributed by atoms with Crippen molar-refractivity contribution in [2.45, 2.75) is 0 Å². The molecule has 1 nitrogen and oxygen atoms in total. The van der Waals surface area contributed by atoms with Crippen molar-refractivity contribution in [2.24, 2.45) is 0 Å². The van der Waals surface area contributed by atoms with Crippen molar-refractivity contribution < 1.29 is 5.92 Å². The Hall–Kier alpha value is -0.340. The Kier molecular flexibility index (Phi) is 0.650. The maximum absolute atomic E-state index is 10.3. The van der Waals surface area contributed by atoms with Gasteiger partial charge in [0.05, 0.1) is 0 Å². The van der Waals surface area contributed by atoms with Gasteiger partial charge in [-0.1, -0.05) is 10.8 Å². The Labute approximate surface area is 40.4 Å². The Morgan fingerprint density at radius 2 is 2.50 bits per heavy atom. The fraction of sp³-hybridized carbons (Fsp3) is 0. The summed E-state index contributed by atoms with van der Waals surface area (Å²) in [5.41, 5.74) is 0. The first-order valence-electron chi connectivity index (χ1n) is 2.06. The summed E-state index contributed by atoms with van der Waals surface area (Å²) >= 11 is 0. The van der Waals surface area contributed by atoms with E-state index in [0.717, 1.165) is 0 Å². The van der Waals surface area contributed by atoms with Crippen LogP contribution in [0.5, 0.6) is 0 Å². The fourth-order valence-corrected chi connectivity index (χ4v) is 0.769. The summed E-state index contributed by atoms with van der Waals surface area (Å²) in [5.74, 6) is 0. The molecule has 1 aromatic rings. The summed E-state index contributed by atoms with van der Waals surface area (Å²) in [6, 6.07) is 3.15. The van der Waals surface area contributed by atoms with Gasteiger partial charge in [-0.05, 0) is 12.1 Å². The maximum atomic E-state index is 10.3. The van der Waals surface area contributed by atoms with Crippen molar-refractivity contribution in [3.8, 4) is 0 Å². The summed E-state index contributed by atoms with van der Waals surface area (Å²) in [5, 5.41) is 1.68. The van der Waals surface area contributed by atoms with Gasteiger partial charge in [0.2, 0.25) is 0 Å². The molecule has 0 saturated heterocycles.